The molecule has 2 aromatic rings. The average molecular weight is 368 g/mol. The summed E-state index contributed by atoms with van der Waals surface area (Å²) in [7, 11) is 2.10. The highest BCUT2D eigenvalue weighted by atomic mass is 19.4. The Morgan fingerprint density at radius 1 is 1.42 bits per heavy atom. The van der Waals surface area contributed by atoms with Gasteiger partial charge in [0.15, 0.2) is 5.69 Å². The van der Waals surface area contributed by atoms with Crippen LogP contribution >= 0.6 is 0 Å². The summed E-state index contributed by atoms with van der Waals surface area (Å²) in [5, 5.41) is 9.95. The third kappa shape index (κ3) is 3.11. The monoisotopic (exact) mass is 368 g/mol. The van der Waals surface area contributed by atoms with E-state index in [9.17, 15) is 18.0 Å². The number of rotatable bonds is 3. The smallest absolute Gasteiger partial charge is 0.406 e. The highest BCUT2D eigenvalue weighted by molar-refractivity contribution is 6.05. The second-order valence-corrected chi connectivity index (χ2v) is 7.00. The third-order valence-corrected chi connectivity index (χ3v) is 5.42. The number of aromatic amines is 1. The molecule has 2 fully saturated rings. The highest BCUT2D eigenvalue weighted by Crippen LogP contribution is 2.39. The zero-order valence-electron chi connectivity index (χ0n) is 14.1. The normalized spacial score (nSPS) is 26.2. The van der Waals surface area contributed by atoms with E-state index in [1.807, 2.05) is 0 Å². The van der Waals surface area contributed by atoms with E-state index in [2.05, 4.69) is 32.2 Å². The summed E-state index contributed by atoms with van der Waals surface area (Å²) < 4.78 is 41.2. The van der Waals surface area contributed by atoms with Gasteiger partial charge in [0, 0.05) is 17.5 Å². The Balaban J connectivity index is 1.51. The minimum atomic E-state index is -4.78. The molecule has 3 unspecified atom stereocenters. The van der Waals surface area contributed by atoms with Gasteiger partial charge in [0.1, 0.15) is 5.75 Å². The molecule has 1 aliphatic carbocycles. The number of H-pyrrole nitrogens is 1. The van der Waals surface area contributed by atoms with Gasteiger partial charge in [-0.25, -0.2) is 0 Å². The van der Waals surface area contributed by atoms with Crippen molar-refractivity contribution < 1.29 is 22.7 Å². The predicted molar refractivity (Wildman–Crippen MR) is 87.8 cm³/mol. The fourth-order valence-corrected chi connectivity index (χ4v) is 4.09. The molecular formula is C17H19F3N4O2. The van der Waals surface area contributed by atoms with Gasteiger partial charge in [-0.1, -0.05) is 0 Å². The minimum absolute atomic E-state index is 0.0802. The predicted octanol–water partition coefficient (Wildman–Crippen LogP) is 2.67. The lowest BCUT2D eigenvalue weighted by atomic mass is 9.69. The zero-order chi connectivity index (χ0) is 18.5. The molecular weight excluding hydrogens is 349 g/mol. The summed E-state index contributed by atoms with van der Waals surface area (Å²) >= 11 is 0. The van der Waals surface area contributed by atoms with Gasteiger partial charge in [-0.15, -0.1) is 13.2 Å². The first-order valence-corrected chi connectivity index (χ1v) is 8.57. The Kier molecular flexibility index (Phi) is 4.06. The molecule has 9 heteroatoms. The molecule has 1 aliphatic heterocycles. The van der Waals surface area contributed by atoms with Crippen LogP contribution in [0.4, 0.5) is 13.2 Å². The molecule has 140 valence electrons. The number of carbonyl (C=O) groups excluding carboxylic acids is 1. The number of hydrogen-bond acceptors (Lipinski definition) is 4. The van der Waals surface area contributed by atoms with E-state index in [4.69, 9.17) is 0 Å². The maximum Gasteiger partial charge on any atom is 0.573 e. The number of aromatic nitrogens is 2. The summed E-state index contributed by atoms with van der Waals surface area (Å²) in [5.74, 6) is -0.331. The van der Waals surface area contributed by atoms with Crippen molar-refractivity contribution in [2.75, 3.05) is 13.6 Å². The lowest BCUT2D eigenvalue weighted by molar-refractivity contribution is -0.274. The molecule has 0 radical (unpaired) electrons. The Morgan fingerprint density at radius 3 is 3.00 bits per heavy atom. The van der Waals surface area contributed by atoms with Crippen molar-refractivity contribution in [1.82, 2.24) is 20.4 Å². The van der Waals surface area contributed by atoms with E-state index in [-0.39, 0.29) is 23.4 Å². The number of fused-ring (bicyclic) bond motifs is 2. The second kappa shape index (κ2) is 6.15. The Hall–Kier alpha value is -2.29. The number of hydrogen-bond donors (Lipinski definition) is 2. The molecule has 2 N–H and O–H groups in total. The van der Waals surface area contributed by atoms with E-state index in [1.165, 1.54) is 18.2 Å². The summed E-state index contributed by atoms with van der Waals surface area (Å²) in [6.45, 7) is 1.08. The third-order valence-electron chi connectivity index (χ3n) is 5.42. The first-order valence-electron chi connectivity index (χ1n) is 8.57. The Morgan fingerprint density at radius 2 is 2.23 bits per heavy atom. The van der Waals surface area contributed by atoms with Gasteiger partial charge in [-0.05, 0) is 57.0 Å². The molecule has 0 bridgehead atoms. The van der Waals surface area contributed by atoms with Crippen LogP contribution in [0.15, 0.2) is 18.2 Å². The second-order valence-electron chi connectivity index (χ2n) is 7.00. The molecule has 1 saturated carbocycles. The first-order chi connectivity index (χ1) is 12.3. The van der Waals surface area contributed by atoms with Crippen LogP contribution in [0, 0.1) is 5.92 Å². The number of piperidine rings is 1. The number of nitrogens with one attached hydrogen (secondary N) is 2. The van der Waals surface area contributed by atoms with E-state index < -0.39 is 6.36 Å². The molecule has 6 nitrogen and oxygen atoms in total. The summed E-state index contributed by atoms with van der Waals surface area (Å²) in [4.78, 5) is 14.9. The molecule has 1 saturated heterocycles. The van der Waals surface area contributed by atoms with Gasteiger partial charge in [0.05, 0.1) is 5.52 Å². The van der Waals surface area contributed by atoms with Crippen molar-refractivity contribution in [2.24, 2.45) is 5.92 Å². The van der Waals surface area contributed by atoms with E-state index in [1.54, 1.807) is 0 Å². The van der Waals surface area contributed by atoms with Crippen LogP contribution < -0.4 is 10.1 Å². The number of benzene rings is 1. The maximum atomic E-state index is 12.6. The lowest BCUT2D eigenvalue weighted by Gasteiger charge is -2.52. The zero-order valence-corrected chi connectivity index (χ0v) is 14.1. The van der Waals surface area contributed by atoms with Gasteiger partial charge < -0.3 is 15.0 Å². The molecule has 1 amide bonds. The molecule has 2 heterocycles. The number of amides is 1. The molecule has 2 aliphatic rings. The van der Waals surface area contributed by atoms with E-state index in [0.717, 1.165) is 25.8 Å². The van der Waals surface area contributed by atoms with Crippen LogP contribution in [0.2, 0.25) is 0 Å². The number of ether oxygens (including phenoxy) is 1. The van der Waals surface area contributed by atoms with Crippen molar-refractivity contribution >= 4 is 16.8 Å². The molecule has 4 rings (SSSR count). The average Bonchev–Trinajstić information content (AvgIpc) is 2.95. The Labute approximate surface area is 147 Å². The Bertz CT molecular complexity index is 835. The van der Waals surface area contributed by atoms with Crippen molar-refractivity contribution in [3.8, 4) is 5.75 Å². The molecule has 0 spiro atoms. The van der Waals surface area contributed by atoms with Gasteiger partial charge in [0.2, 0.25) is 0 Å². The van der Waals surface area contributed by atoms with Crippen molar-refractivity contribution in [1.29, 1.82) is 0 Å². The summed E-state index contributed by atoms with van der Waals surface area (Å²) in [6.07, 6.45) is -1.72. The highest BCUT2D eigenvalue weighted by Gasteiger charge is 2.45. The fraction of sp³-hybridized carbons (Fsp3) is 0.529. The van der Waals surface area contributed by atoms with Crippen LogP contribution in [0.1, 0.15) is 29.8 Å². The van der Waals surface area contributed by atoms with Gasteiger partial charge in [0.25, 0.3) is 5.91 Å². The number of carbonyl (C=O) groups is 1. The number of nitrogens with zero attached hydrogens (tertiary/aromatic N) is 2. The van der Waals surface area contributed by atoms with Crippen molar-refractivity contribution in [3.63, 3.8) is 0 Å². The van der Waals surface area contributed by atoms with E-state index >= 15 is 0 Å². The van der Waals surface area contributed by atoms with E-state index in [0.29, 0.717) is 22.9 Å². The van der Waals surface area contributed by atoms with Crippen LogP contribution in [0.5, 0.6) is 5.75 Å². The van der Waals surface area contributed by atoms with Crippen LogP contribution in [-0.2, 0) is 0 Å². The maximum absolute atomic E-state index is 12.6. The number of likely N-dealkylation sites (tertiary alicyclic amines) is 1. The van der Waals surface area contributed by atoms with Crippen molar-refractivity contribution in [3.05, 3.63) is 23.9 Å². The van der Waals surface area contributed by atoms with Crippen LogP contribution in [-0.4, -0.2) is 53.0 Å². The van der Waals surface area contributed by atoms with Gasteiger partial charge in [-0.3, -0.25) is 9.89 Å². The number of halogens is 3. The molecule has 1 aromatic heterocycles. The quantitative estimate of drug-likeness (QED) is 0.874. The molecule has 1 aromatic carbocycles. The molecule has 26 heavy (non-hydrogen) atoms. The fourth-order valence-electron chi connectivity index (χ4n) is 4.09. The minimum Gasteiger partial charge on any atom is -0.406 e. The van der Waals surface area contributed by atoms with Crippen molar-refractivity contribution in [2.45, 2.75) is 37.7 Å². The first kappa shape index (κ1) is 17.1. The van der Waals surface area contributed by atoms with Crippen LogP contribution in [0.3, 0.4) is 0 Å². The lowest BCUT2D eigenvalue weighted by Crippen LogP contribution is -2.62. The topological polar surface area (TPSA) is 70.2 Å². The largest absolute Gasteiger partial charge is 0.573 e. The van der Waals surface area contributed by atoms with Gasteiger partial charge in [-0.2, -0.15) is 5.10 Å². The van der Waals surface area contributed by atoms with Crippen LogP contribution in [0.25, 0.3) is 10.9 Å². The standard InChI is InChI=1S/C17H19F3N4O2/c1-24-6-2-3-10-13(8-14(10)24)21-16(25)15-11-7-9(26-17(18,19)20)4-5-12(11)22-23-15/h4-5,7,10,13-14H,2-3,6,8H2,1H3,(H,21,25)(H,22,23). The molecule has 3 atom stereocenters. The summed E-state index contributed by atoms with van der Waals surface area (Å²) in [6, 6.07) is 4.35. The number of alkyl halides is 3. The van der Waals surface area contributed by atoms with Gasteiger partial charge >= 0.3 is 6.36 Å². The summed E-state index contributed by atoms with van der Waals surface area (Å²) in [5.41, 5.74) is 0.564. The SMILES string of the molecule is CN1CCCC2C(NC(=O)c3n[nH]c4ccc(OC(F)(F)F)cc34)CC21.